The number of carbonyl (C=O) groups excluding carboxylic acids is 2. The van der Waals surface area contributed by atoms with E-state index in [9.17, 15) is 9.59 Å². The number of anilines is 2. The molecule has 2 aromatic carbocycles. The van der Waals surface area contributed by atoms with Gasteiger partial charge in [-0.05, 0) is 55.2 Å². The third kappa shape index (κ3) is 5.50. The summed E-state index contributed by atoms with van der Waals surface area (Å²) >= 11 is 0. The van der Waals surface area contributed by atoms with Gasteiger partial charge in [-0.15, -0.1) is 12.4 Å². The van der Waals surface area contributed by atoms with Crippen LogP contribution in [0.3, 0.4) is 0 Å². The van der Waals surface area contributed by atoms with Crippen LogP contribution in [-0.4, -0.2) is 18.4 Å². The Morgan fingerprint density at radius 1 is 1.08 bits per heavy atom. The third-order valence-corrected chi connectivity index (χ3v) is 4.02. The van der Waals surface area contributed by atoms with Gasteiger partial charge < -0.3 is 16.4 Å². The quantitative estimate of drug-likeness (QED) is 0.693. The van der Waals surface area contributed by atoms with Crippen LogP contribution in [0, 0.1) is 5.92 Å². The number of nitrogens with two attached hydrogens (primary N) is 1. The lowest BCUT2D eigenvalue weighted by atomic mass is 10.1. The van der Waals surface area contributed by atoms with Crippen molar-refractivity contribution in [1.82, 2.24) is 5.32 Å². The monoisotopic (exact) mass is 359 g/mol. The molecular formula is C19H22ClN3O2. The van der Waals surface area contributed by atoms with Crippen molar-refractivity contribution in [2.24, 2.45) is 5.92 Å². The highest BCUT2D eigenvalue weighted by Crippen LogP contribution is 2.30. The molecular weight excluding hydrogens is 338 g/mol. The van der Waals surface area contributed by atoms with Crippen LogP contribution < -0.4 is 16.4 Å². The zero-order valence-electron chi connectivity index (χ0n) is 13.8. The molecule has 0 bridgehead atoms. The standard InChI is InChI=1S/C19H21N3O2.ClH/c20-16-8-4-13(5-9-16)10-11-21-18(23)15-2-1-3-17(12-15)22-19(24)14-6-7-14;/h1-5,8-9,12,14H,6-7,10-11,20H2,(H,21,23)(H,22,24);1H. The second-order valence-corrected chi connectivity index (χ2v) is 6.09. The first-order chi connectivity index (χ1) is 11.6. The molecule has 6 heteroatoms. The maximum absolute atomic E-state index is 12.2. The number of hydrogen-bond acceptors (Lipinski definition) is 3. The molecule has 0 saturated heterocycles. The molecule has 0 radical (unpaired) electrons. The lowest BCUT2D eigenvalue weighted by molar-refractivity contribution is -0.117. The van der Waals surface area contributed by atoms with E-state index in [4.69, 9.17) is 5.73 Å². The molecule has 1 fully saturated rings. The predicted octanol–water partition coefficient (Wildman–Crippen LogP) is 3.01. The van der Waals surface area contributed by atoms with Gasteiger partial charge in [0.1, 0.15) is 0 Å². The smallest absolute Gasteiger partial charge is 0.251 e. The average Bonchev–Trinajstić information content (AvgIpc) is 3.42. The molecule has 0 spiro atoms. The minimum Gasteiger partial charge on any atom is -0.399 e. The number of nitrogens with one attached hydrogen (secondary N) is 2. The van der Waals surface area contributed by atoms with Crippen molar-refractivity contribution >= 4 is 35.6 Å². The van der Waals surface area contributed by atoms with E-state index in [0.29, 0.717) is 17.8 Å². The van der Waals surface area contributed by atoms with Gasteiger partial charge >= 0.3 is 0 Å². The molecule has 0 aliphatic heterocycles. The third-order valence-electron chi connectivity index (χ3n) is 4.02. The van der Waals surface area contributed by atoms with Gasteiger partial charge in [0.25, 0.3) is 5.91 Å². The van der Waals surface area contributed by atoms with Gasteiger partial charge in [0.05, 0.1) is 0 Å². The Kier molecular flexibility index (Phi) is 6.42. The molecule has 0 atom stereocenters. The molecule has 2 aromatic rings. The lowest BCUT2D eigenvalue weighted by Crippen LogP contribution is -2.25. The number of halogens is 1. The number of hydrogen-bond donors (Lipinski definition) is 3. The first-order valence-corrected chi connectivity index (χ1v) is 8.15. The van der Waals surface area contributed by atoms with Gasteiger partial charge in [-0.3, -0.25) is 9.59 Å². The van der Waals surface area contributed by atoms with Crippen LogP contribution in [-0.2, 0) is 11.2 Å². The van der Waals surface area contributed by atoms with E-state index in [-0.39, 0.29) is 30.1 Å². The lowest BCUT2D eigenvalue weighted by Gasteiger charge is -2.08. The minimum atomic E-state index is -0.145. The van der Waals surface area contributed by atoms with Crippen LogP contribution in [0.2, 0.25) is 0 Å². The van der Waals surface area contributed by atoms with Crippen molar-refractivity contribution < 1.29 is 9.59 Å². The molecule has 1 saturated carbocycles. The van der Waals surface area contributed by atoms with Crippen LogP contribution in [0.25, 0.3) is 0 Å². The van der Waals surface area contributed by atoms with Crippen LogP contribution in [0.5, 0.6) is 0 Å². The molecule has 0 unspecified atom stereocenters. The molecule has 0 aromatic heterocycles. The van der Waals surface area contributed by atoms with Gasteiger partial charge in [0, 0.05) is 29.4 Å². The molecule has 1 aliphatic rings. The van der Waals surface area contributed by atoms with E-state index in [2.05, 4.69) is 10.6 Å². The number of amides is 2. The second kappa shape index (κ2) is 8.53. The summed E-state index contributed by atoms with van der Waals surface area (Å²) < 4.78 is 0. The zero-order valence-corrected chi connectivity index (χ0v) is 14.6. The fourth-order valence-corrected chi connectivity index (χ4v) is 2.43. The Hall–Kier alpha value is -2.53. The second-order valence-electron chi connectivity index (χ2n) is 6.09. The van der Waals surface area contributed by atoms with Crippen molar-refractivity contribution in [1.29, 1.82) is 0 Å². The van der Waals surface area contributed by atoms with Crippen LogP contribution in [0.15, 0.2) is 48.5 Å². The van der Waals surface area contributed by atoms with E-state index in [1.54, 1.807) is 24.3 Å². The Morgan fingerprint density at radius 3 is 2.48 bits per heavy atom. The van der Waals surface area contributed by atoms with Crippen LogP contribution in [0.4, 0.5) is 11.4 Å². The summed E-state index contributed by atoms with van der Waals surface area (Å²) in [6, 6.07) is 14.6. The van der Waals surface area contributed by atoms with Gasteiger partial charge in [0.2, 0.25) is 5.91 Å². The number of nitrogen functional groups attached to an aromatic ring is 1. The van der Waals surface area contributed by atoms with E-state index < -0.39 is 0 Å². The topological polar surface area (TPSA) is 84.2 Å². The molecule has 3 rings (SSSR count). The maximum Gasteiger partial charge on any atom is 0.251 e. The van der Waals surface area contributed by atoms with Crippen molar-refractivity contribution in [2.45, 2.75) is 19.3 Å². The highest BCUT2D eigenvalue weighted by atomic mass is 35.5. The van der Waals surface area contributed by atoms with E-state index >= 15 is 0 Å². The minimum absolute atomic E-state index is 0. The first kappa shape index (κ1) is 18.8. The van der Waals surface area contributed by atoms with Gasteiger partial charge in [-0.25, -0.2) is 0 Å². The Labute approximate surface area is 153 Å². The summed E-state index contributed by atoms with van der Waals surface area (Å²) in [4.78, 5) is 24.0. The normalized spacial score (nSPS) is 12.8. The number of rotatable bonds is 6. The summed E-state index contributed by atoms with van der Waals surface area (Å²) in [5.41, 5.74) is 8.71. The fraction of sp³-hybridized carbons (Fsp3) is 0.263. The SMILES string of the molecule is Cl.Nc1ccc(CCNC(=O)c2cccc(NC(=O)C3CC3)c2)cc1. The summed E-state index contributed by atoms with van der Waals surface area (Å²) in [5.74, 6) is 0.0336. The first-order valence-electron chi connectivity index (χ1n) is 8.15. The maximum atomic E-state index is 12.2. The molecule has 2 amide bonds. The summed E-state index contributed by atoms with van der Waals surface area (Å²) in [6.07, 6.45) is 2.65. The highest BCUT2D eigenvalue weighted by Gasteiger charge is 2.29. The molecule has 132 valence electrons. The van der Waals surface area contributed by atoms with E-state index in [1.165, 1.54) is 0 Å². The molecule has 25 heavy (non-hydrogen) atoms. The number of benzene rings is 2. The van der Waals surface area contributed by atoms with Gasteiger partial charge in [0.15, 0.2) is 0 Å². The van der Waals surface area contributed by atoms with E-state index in [1.807, 2.05) is 24.3 Å². The van der Waals surface area contributed by atoms with Crippen molar-refractivity contribution in [3.8, 4) is 0 Å². The summed E-state index contributed by atoms with van der Waals surface area (Å²) in [5, 5.41) is 5.75. The van der Waals surface area contributed by atoms with Crippen LogP contribution >= 0.6 is 12.4 Å². The van der Waals surface area contributed by atoms with Gasteiger partial charge in [-0.2, -0.15) is 0 Å². The van der Waals surface area contributed by atoms with Crippen molar-refractivity contribution in [2.75, 3.05) is 17.6 Å². The summed E-state index contributed by atoms with van der Waals surface area (Å²) in [6.45, 7) is 0.543. The zero-order chi connectivity index (χ0) is 16.9. The van der Waals surface area contributed by atoms with E-state index in [0.717, 1.165) is 30.5 Å². The average molecular weight is 360 g/mol. The summed E-state index contributed by atoms with van der Waals surface area (Å²) in [7, 11) is 0. The molecule has 0 heterocycles. The van der Waals surface area contributed by atoms with Gasteiger partial charge in [-0.1, -0.05) is 18.2 Å². The molecule has 5 nitrogen and oxygen atoms in total. The highest BCUT2D eigenvalue weighted by molar-refractivity contribution is 5.98. The molecule has 4 N–H and O–H groups in total. The number of carbonyl (C=O) groups is 2. The van der Waals surface area contributed by atoms with Crippen molar-refractivity contribution in [3.63, 3.8) is 0 Å². The Bertz CT molecular complexity index is 743. The Morgan fingerprint density at radius 2 is 1.80 bits per heavy atom. The predicted molar refractivity (Wildman–Crippen MR) is 102 cm³/mol. The fourth-order valence-electron chi connectivity index (χ4n) is 2.43. The van der Waals surface area contributed by atoms with Crippen molar-refractivity contribution in [3.05, 3.63) is 59.7 Å². The van der Waals surface area contributed by atoms with Crippen LogP contribution in [0.1, 0.15) is 28.8 Å². The Balaban J connectivity index is 0.00000225. The molecule has 1 aliphatic carbocycles. The largest absolute Gasteiger partial charge is 0.399 e.